The van der Waals surface area contributed by atoms with Crippen molar-refractivity contribution < 1.29 is 0 Å². The quantitative estimate of drug-likeness (QED) is 0.803. The number of rotatable bonds is 4. The summed E-state index contributed by atoms with van der Waals surface area (Å²) in [5.41, 5.74) is 1.45. The van der Waals surface area contributed by atoms with Gasteiger partial charge in [0.15, 0.2) is 0 Å². The van der Waals surface area contributed by atoms with E-state index in [0.29, 0.717) is 6.04 Å². The molecule has 0 radical (unpaired) electrons. The van der Waals surface area contributed by atoms with Crippen molar-refractivity contribution >= 4 is 11.8 Å². The molecule has 0 saturated heterocycles. The van der Waals surface area contributed by atoms with Crippen molar-refractivity contribution in [1.82, 2.24) is 5.32 Å². The van der Waals surface area contributed by atoms with Gasteiger partial charge in [0, 0.05) is 10.9 Å². The molecule has 1 nitrogen and oxygen atoms in total. The molecular formula is C16H25NS. The zero-order valence-electron chi connectivity index (χ0n) is 11.8. The molecule has 1 saturated carbocycles. The van der Waals surface area contributed by atoms with E-state index in [1.54, 1.807) is 0 Å². The number of nitrogens with one attached hydrogen (secondary N) is 1. The molecular weight excluding hydrogens is 238 g/mol. The molecule has 2 rings (SSSR count). The fourth-order valence-corrected chi connectivity index (χ4v) is 3.68. The second-order valence-corrected chi connectivity index (χ2v) is 6.45. The molecule has 1 aliphatic carbocycles. The Hall–Kier alpha value is -0.470. The third-order valence-electron chi connectivity index (χ3n) is 4.23. The summed E-state index contributed by atoms with van der Waals surface area (Å²) in [5.74, 6) is 1.70. The molecule has 0 heterocycles. The average molecular weight is 263 g/mol. The molecule has 2 heteroatoms. The van der Waals surface area contributed by atoms with Crippen LogP contribution in [0.4, 0.5) is 0 Å². The Kier molecular flexibility index (Phi) is 5.13. The first-order valence-corrected chi connectivity index (χ1v) is 8.28. The molecule has 100 valence electrons. The van der Waals surface area contributed by atoms with Crippen LogP contribution in [-0.4, -0.2) is 13.3 Å². The van der Waals surface area contributed by atoms with Crippen LogP contribution >= 0.6 is 11.8 Å². The van der Waals surface area contributed by atoms with Crippen LogP contribution in [-0.2, 0) is 0 Å². The molecule has 3 atom stereocenters. The Bertz CT molecular complexity index is 360. The van der Waals surface area contributed by atoms with Crippen molar-refractivity contribution in [2.24, 2.45) is 11.8 Å². The van der Waals surface area contributed by atoms with Gasteiger partial charge in [0.2, 0.25) is 0 Å². The number of hydrogen-bond donors (Lipinski definition) is 1. The van der Waals surface area contributed by atoms with Crippen molar-refractivity contribution in [3.05, 3.63) is 29.8 Å². The largest absolute Gasteiger partial charge is 0.313 e. The molecule has 1 fully saturated rings. The molecule has 0 bridgehead atoms. The predicted molar refractivity (Wildman–Crippen MR) is 81.1 cm³/mol. The lowest BCUT2D eigenvalue weighted by Crippen LogP contribution is -2.28. The van der Waals surface area contributed by atoms with Gasteiger partial charge < -0.3 is 5.32 Å². The summed E-state index contributed by atoms with van der Waals surface area (Å²) in [5, 5.41) is 3.54. The zero-order chi connectivity index (χ0) is 13.0. The summed E-state index contributed by atoms with van der Waals surface area (Å²) >= 11 is 1.81. The van der Waals surface area contributed by atoms with Crippen LogP contribution in [0.3, 0.4) is 0 Å². The molecule has 0 aromatic heterocycles. The zero-order valence-corrected chi connectivity index (χ0v) is 12.6. The van der Waals surface area contributed by atoms with Crippen molar-refractivity contribution in [1.29, 1.82) is 0 Å². The molecule has 1 aliphatic rings. The molecule has 0 amide bonds. The Morgan fingerprint density at radius 1 is 1.22 bits per heavy atom. The number of hydrogen-bond acceptors (Lipinski definition) is 2. The predicted octanol–water partition coefficient (Wildman–Crippen LogP) is 4.50. The van der Waals surface area contributed by atoms with E-state index in [2.05, 4.69) is 49.8 Å². The van der Waals surface area contributed by atoms with E-state index < -0.39 is 0 Å². The second kappa shape index (κ2) is 6.63. The maximum atomic E-state index is 3.54. The lowest BCUT2D eigenvalue weighted by Gasteiger charge is -2.33. The van der Waals surface area contributed by atoms with Crippen LogP contribution in [0.5, 0.6) is 0 Å². The van der Waals surface area contributed by atoms with Gasteiger partial charge in [-0.2, -0.15) is 0 Å². The molecule has 1 aromatic rings. The Morgan fingerprint density at radius 2 is 1.94 bits per heavy atom. The maximum absolute atomic E-state index is 3.54. The topological polar surface area (TPSA) is 12.0 Å². The minimum Gasteiger partial charge on any atom is -0.313 e. The number of thioether (sulfide) groups is 1. The van der Waals surface area contributed by atoms with Gasteiger partial charge in [-0.15, -0.1) is 11.8 Å². The summed E-state index contributed by atoms with van der Waals surface area (Å²) in [6.45, 7) is 2.40. The van der Waals surface area contributed by atoms with E-state index in [0.717, 1.165) is 11.8 Å². The Labute approximate surface area is 116 Å². The van der Waals surface area contributed by atoms with Gasteiger partial charge in [-0.05, 0) is 55.7 Å². The SMILES string of the molecule is CNC(c1ccc(SC)cc1)C1CCCC(C)C1. The molecule has 1 aromatic carbocycles. The Morgan fingerprint density at radius 3 is 2.50 bits per heavy atom. The van der Waals surface area contributed by atoms with E-state index >= 15 is 0 Å². The van der Waals surface area contributed by atoms with Crippen LogP contribution in [0.1, 0.15) is 44.2 Å². The van der Waals surface area contributed by atoms with Crippen LogP contribution in [0, 0.1) is 11.8 Å². The lowest BCUT2D eigenvalue weighted by molar-refractivity contribution is 0.230. The van der Waals surface area contributed by atoms with E-state index in [-0.39, 0.29) is 0 Å². The first-order valence-electron chi connectivity index (χ1n) is 7.05. The van der Waals surface area contributed by atoms with E-state index in [9.17, 15) is 0 Å². The van der Waals surface area contributed by atoms with Crippen LogP contribution < -0.4 is 5.32 Å². The minimum absolute atomic E-state index is 0.531. The van der Waals surface area contributed by atoms with Gasteiger partial charge in [0.1, 0.15) is 0 Å². The highest BCUT2D eigenvalue weighted by Crippen LogP contribution is 2.37. The third kappa shape index (κ3) is 3.30. The van der Waals surface area contributed by atoms with E-state index in [1.807, 2.05) is 11.8 Å². The van der Waals surface area contributed by atoms with Crippen LogP contribution in [0.2, 0.25) is 0 Å². The third-order valence-corrected chi connectivity index (χ3v) is 4.98. The van der Waals surface area contributed by atoms with Crippen molar-refractivity contribution in [3.63, 3.8) is 0 Å². The first-order chi connectivity index (χ1) is 8.74. The second-order valence-electron chi connectivity index (χ2n) is 5.57. The first kappa shape index (κ1) is 14.0. The van der Waals surface area contributed by atoms with E-state index in [4.69, 9.17) is 0 Å². The monoisotopic (exact) mass is 263 g/mol. The van der Waals surface area contributed by atoms with Gasteiger partial charge in [0.05, 0.1) is 0 Å². The summed E-state index contributed by atoms with van der Waals surface area (Å²) in [4.78, 5) is 1.35. The summed E-state index contributed by atoms with van der Waals surface area (Å²) in [6, 6.07) is 9.62. The van der Waals surface area contributed by atoms with Crippen molar-refractivity contribution in [2.75, 3.05) is 13.3 Å². The lowest BCUT2D eigenvalue weighted by atomic mass is 9.77. The van der Waals surface area contributed by atoms with Crippen molar-refractivity contribution in [3.8, 4) is 0 Å². The molecule has 18 heavy (non-hydrogen) atoms. The van der Waals surface area contributed by atoms with Gasteiger partial charge in [-0.3, -0.25) is 0 Å². The Balaban J connectivity index is 2.11. The summed E-state index contributed by atoms with van der Waals surface area (Å²) in [6.07, 6.45) is 7.69. The number of benzene rings is 1. The summed E-state index contributed by atoms with van der Waals surface area (Å²) < 4.78 is 0. The highest BCUT2D eigenvalue weighted by Gasteiger charge is 2.26. The van der Waals surface area contributed by atoms with Gasteiger partial charge >= 0.3 is 0 Å². The molecule has 1 N–H and O–H groups in total. The molecule has 0 spiro atoms. The average Bonchev–Trinajstić information content (AvgIpc) is 2.40. The maximum Gasteiger partial charge on any atom is 0.0346 e. The highest BCUT2D eigenvalue weighted by molar-refractivity contribution is 7.98. The summed E-state index contributed by atoms with van der Waals surface area (Å²) in [7, 11) is 2.10. The van der Waals surface area contributed by atoms with Crippen LogP contribution in [0.25, 0.3) is 0 Å². The molecule has 3 unspecified atom stereocenters. The smallest absolute Gasteiger partial charge is 0.0346 e. The van der Waals surface area contributed by atoms with Gasteiger partial charge in [-0.1, -0.05) is 31.9 Å². The fraction of sp³-hybridized carbons (Fsp3) is 0.625. The minimum atomic E-state index is 0.531. The van der Waals surface area contributed by atoms with Gasteiger partial charge in [0.25, 0.3) is 0 Å². The van der Waals surface area contributed by atoms with E-state index in [1.165, 1.54) is 36.1 Å². The normalized spacial score (nSPS) is 25.9. The highest BCUT2D eigenvalue weighted by atomic mass is 32.2. The standard InChI is InChI=1S/C16H25NS/c1-12-5-4-6-14(11-12)16(17-2)13-7-9-15(18-3)10-8-13/h7-10,12,14,16-17H,4-6,11H2,1-3H3. The fourth-order valence-electron chi connectivity index (χ4n) is 3.27. The molecule has 0 aliphatic heterocycles. The van der Waals surface area contributed by atoms with Gasteiger partial charge in [-0.25, -0.2) is 0 Å². The van der Waals surface area contributed by atoms with Crippen LogP contribution in [0.15, 0.2) is 29.2 Å². The van der Waals surface area contributed by atoms with Crippen molar-refractivity contribution in [2.45, 2.75) is 43.5 Å².